The first-order valence-corrected chi connectivity index (χ1v) is 7.01. The van der Waals surface area contributed by atoms with Crippen molar-refractivity contribution in [3.8, 4) is 0 Å². The zero-order chi connectivity index (χ0) is 14.8. The second kappa shape index (κ2) is 5.69. The highest BCUT2D eigenvalue weighted by Gasteiger charge is 2.28. The first-order chi connectivity index (χ1) is 8.62. The predicted molar refractivity (Wildman–Crippen MR) is 77.4 cm³/mol. The molecule has 1 atom stereocenters. The fraction of sp³-hybridized carbons (Fsp3) is 0.615. The topological polar surface area (TPSA) is 62.3 Å². The first kappa shape index (κ1) is 15.6. The van der Waals surface area contributed by atoms with Crippen LogP contribution in [-0.4, -0.2) is 34.8 Å². The van der Waals surface area contributed by atoms with E-state index in [1.165, 1.54) is 18.3 Å². The van der Waals surface area contributed by atoms with E-state index in [4.69, 9.17) is 0 Å². The molecule has 0 spiro atoms. The van der Waals surface area contributed by atoms with E-state index < -0.39 is 0 Å². The van der Waals surface area contributed by atoms with Gasteiger partial charge >= 0.3 is 0 Å². The highest BCUT2D eigenvalue weighted by Crippen LogP contribution is 2.25. The molecule has 0 saturated heterocycles. The van der Waals surface area contributed by atoms with Gasteiger partial charge in [-0.05, 0) is 12.3 Å². The van der Waals surface area contributed by atoms with E-state index in [9.17, 15) is 9.59 Å². The minimum Gasteiger partial charge on any atom is -0.337 e. The second-order valence-corrected chi connectivity index (χ2v) is 6.54. The lowest BCUT2D eigenvalue weighted by atomic mass is 9.87. The van der Waals surface area contributed by atoms with Gasteiger partial charge in [-0.3, -0.25) is 9.59 Å². The summed E-state index contributed by atoms with van der Waals surface area (Å²) in [4.78, 5) is 29.0. The normalized spacial score (nSPS) is 12.9. The number of anilines is 1. The van der Waals surface area contributed by atoms with E-state index in [-0.39, 0.29) is 23.3 Å². The first-order valence-electron chi connectivity index (χ1n) is 6.13. The Kier molecular flexibility index (Phi) is 4.68. The Balaban J connectivity index is 2.83. The molecule has 0 radical (unpaired) electrons. The van der Waals surface area contributed by atoms with Crippen LogP contribution in [0.5, 0.6) is 0 Å². The van der Waals surface area contributed by atoms with Gasteiger partial charge in [-0.25, -0.2) is 4.98 Å². The van der Waals surface area contributed by atoms with Crippen molar-refractivity contribution in [2.45, 2.75) is 40.7 Å². The maximum atomic E-state index is 12.3. The Morgan fingerprint density at radius 1 is 1.42 bits per heavy atom. The van der Waals surface area contributed by atoms with Gasteiger partial charge in [0.25, 0.3) is 5.91 Å². The molecule has 106 valence electrons. The van der Waals surface area contributed by atoms with Gasteiger partial charge in [-0.15, -0.1) is 11.3 Å². The lowest BCUT2D eigenvalue weighted by Crippen LogP contribution is -2.43. The largest absolute Gasteiger partial charge is 0.337 e. The third-order valence-electron chi connectivity index (χ3n) is 3.16. The van der Waals surface area contributed by atoms with E-state index in [1.54, 1.807) is 17.3 Å². The summed E-state index contributed by atoms with van der Waals surface area (Å²) in [6, 6.07) is 0.0888. The van der Waals surface area contributed by atoms with Crippen LogP contribution < -0.4 is 5.32 Å². The average molecular weight is 283 g/mol. The molecular weight excluding hydrogens is 262 g/mol. The van der Waals surface area contributed by atoms with Gasteiger partial charge in [-0.1, -0.05) is 20.8 Å². The van der Waals surface area contributed by atoms with Crippen molar-refractivity contribution in [2.75, 3.05) is 12.4 Å². The number of nitrogens with zero attached hydrogens (tertiary/aromatic N) is 2. The number of carbonyl (C=O) groups excluding carboxylic acids is 2. The number of amides is 2. The molecule has 0 unspecified atom stereocenters. The van der Waals surface area contributed by atoms with Gasteiger partial charge in [0.1, 0.15) is 5.69 Å². The molecule has 1 aromatic rings. The van der Waals surface area contributed by atoms with Crippen LogP contribution in [0.15, 0.2) is 5.38 Å². The quantitative estimate of drug-likeness (QED) is 0.927. The van der Waals surface area contributed by atoms with Crippen LogP contribution in [0.25, 0.3) is 0 Å². The summed E-state index contributed by atoms with van der Waals surface area (Å²) in [5, 5.41) is 4.69. The van der Waals surface area contributed by atoms with Gasteiger partial charge < -0.3 is 10.2 Å². The number of nitrogens with one attached hydrogen (secondary N) is 1. The zero-order valence-electron chi connectivity index (χ0n) is 12.3. The van der Waals surface area contributed by atoms with Crippen molar-refractivity contribution in [1.82, 2.24) is 9.88 Å². The van der Waals surface area contributed by atoms with Crippen molar-refractivity contribution in [3.63, 3.8) is 0 Å². The van der Waals surface area contributed by atoms with Gasteiger partial charge in [0.2, 0.25) is 5.91 Å². The highest BCUT2D eigenvalue weighted by atomic mass is 32.1. The van der Waals surface area contributed by atoms with Crippen LogP contribution in [-0.2, 0) is 4.79 Å². The minimum atomic E-state index is -0.190. The van der Waals surface area contributed by atoms with Crippen LogP contribution in [0.3, 0.4) is 0 Å². The lowest BCUT2D eigenvalue weighted by Gasteiger charge is -2.35. The molecule has 0 aliphatic carbocycles. The number of hydrogen-bond acceptors (Lipinski definition) is 4. The summed E-state index contributed by atoms with van der Waals surface area (Å²) in [5.41, 5.74) is 0.369. The van der Waals surface area contributed by atoms with Crippen molar-refractivity contribution in [1.29, 1.82) is 0 Å². The van der Waals surface area contributed by atoms with Crippen LogP contribution in [0.2, 0.25) is 0 Å². The number of hydrogen-bond donors (Lipinski definition) is 1. The molecule has 1 heterocycles. The maximum absolute atomic E-state index is 12.3. The van der Waals surface area contributed by atoms with Crippen LogP contribution in [0.4, 0.5) is 5.13 Å². The molecule has 0 fully saturated rings. The third kappa shape index (κ3) is 4.02. The van der Waals surface area contributed by atoms with E-state index in [1.807, 2.05) is 6.92 Å². The summed E-state index contributed by atoms with van der Waals surface area (Å²) in [6.07, 6.45) is 0. The Bertz CT molecular complexity index is 476. The van der Waals surface area contributed by atoms with Crippen LogP contribution in [0.1, 0.15) is 45.1 Å². The Labute approximate surface area is 118 Å². The van der Waals surface area contributed by atoms with Crippen molar-refractivity contribution < 1.29 is 9.59 Å². The molecule has 0 saturated carbocycles. The fourth-order valence-corrected chi connectivity index (χ4v) is 2.25. The van der Waals surface area contributed by atoms with E-state index >= 15 is 0 Å². The Morgan fingerprint density at radius 2 is 2.00 bits per heavy atom. The van der Waals surface area contributed by atoms with Gasteiger partial charge in [0, 0.05) is 25.4 Å². The highest BCUT2D eigenvalue weighted by molar-refractivity contribution is 7.14. The van der Waals surface area contributed by atoms with Crippen LogP contribution in [0, 0.1) is 5.41 Å². The van der Waals surface area contributed by atoms with Crippen molar-refractivity contribution >= 4 is 28.3 Å². The van der Waals surface area contributed by atoms with Gasteiger partial charge in [-0.2, -0.15) is 0 Å². The lowest BCUT2D eigenvalue weighted by molar-refractivity contribution is -0.114. The Morgan fingerprint density at radius 3 is 2.47 bits per heavy atom. The number of carbonyl (C=O) groups is 2. The van der Waals surface area contributed by atoms with E-state index in [0.29, 0.717) is 10.8 Å². The minimum absolute atomic E-state index is 0.000889. The fourth-order valence-electron chi connectivity index (χ4n) is 1.52. The maximum Gasteiger partial charge on any atom is 0.273 e. The Hall–Kier alpha value is -1.43. The number of rotatable bonds is 3. The molecule has 1 rings (SSSR count). The second-order valence-electron chi connectivity index (χ2n) is 5.68. The number of thiazole rings is 1. The van der Waals surface area contributed by atoms with Crippen molar-refractivity contribution in [2.24, 2.45) is 5.41 Å². The molecule has 0 aliphatic heterocycles. The predicted octanol–water partition coefficient (Wildman–Crippen LogP) is 2.61. The van der Waals surface area contributed by atoms with Crippen molar-refractivity contribution in [3.05, 3.63) is 11.1 Å². The summed E-state index contributed by atoms with van der Waals surface area (Å²) < 4.78 is 0. The van der Waals surface area contributed by atoms with Gasteiger partial charge in [0.05, 0.1) is 0 Å². The summed E-state index contributed by atoms with van der Waals surface area (Å²) in [5.74, 6) is -0.319. The summed E-state index contributed by atoms with van der Waals surface area (Å²) in [6.45, 7) is 9.69. The van der Waals surface area contributed by atoms with Crippen LogP contribution >= 0.6 is 11.3 Å². The molecular formula is C13H21N3O2S. The van der Waals surface area contributed by atoms with E-state index in [0.717, 1.165) is 0 Å². The smallest absolute Gasteiger partial charge is 0.273 e. The molecule has 1 N–H and O–H groups in total. The standard InChI is InChI=1S/C13H21N3O2S/c1-8(13(3,4)5)16(6)11(18)10-7-19-12(15-10)14-9(2)17/h7-8H,1-6H3,(H,14,15,17)/t8-/m0/s1. The summed E-state index contributed by atoms with van der Waals surface area (Å²) in [7, 11) is 1.77. The number of aromatic nitrogens is 1. The zero-order valence-corrected chi connectivity index (χ0v) is 13.1. The molecule has 0 aliphatic rings. The molecule has 0 bridgehead atoms. The molecule has 2 amide bonds. The summed E-state index contributed by atoms with van der Waals surface area (Å²) >= 11 is 1.25. The monoisotopic (exact) mass is 283 g/mol. The molecule has 0 aromatic carbocycles. The SMILES string of the molecule is CC(=O)Nc1nc(C(=O)N(C)[C@@H](C)C(C)(C)C)cs1. The average Bonchev–Trinajstić information content (AvgIpc) is 2.72. The molecule has 19 heavy (non-hydrogen) atoms. The van der Waals surface area contributed by atoms with E-state index in [2.05, 4.69) is 31.1 Å². The van der Waals surface area contributed by atoms with Gasteiger partial charge in [0.15, 0.2) is 5.13 Å². The third-order valence-corrected chi connectivity index (χ3v) is 3.92. The molecule has 5 nitrogen and oxygen atoms in total. The molecule has 1 aromatic heterocycles. The molecule has 6 heteroatoms.